The molecular weight excluding hydrogens is 875 g/mol. The van der Waals surface area contributed by atoms with E-state index in [9.17, 15) is 14.4 Å². The Kier molecular flexibility index (Phi) is 9.76. The molecule has 11 rings (SSSR count). The van der Waals surface area contributed by atoms with Crippen LogP contribution in [0.25, 0.3) is 27.5 Å². The lowest BCUT2D eigenvalue weighted by Gasteiger charge is -2.35. The molecule has 7 heterocycles. The Balaban J connectivity index is 1.05. The van der Waals surface area contributed by atoms with Crippen LogP contribution in [0.1, 0.15) is 90.4 Å². The summed E-state index contributed by atoms with van der Waals surface area (Å²) in [4.78, 5) is 64.0. The number of nitrogens with one attached hydrogen (secondary N) is 1. The largest absolute Gasteiger partial charge is 0.376 e. The molecule has 4 aliphatic heterocycles. The van der Waals surface area contributed by atoms with Crippen molar-refractivity contribution in [2.75, 3.05) is 23.0 Å². The summed E-state index contributed by atoms with van der Waals surface area (Å²) in [5.74, 6) is 2.60. The smallest absolute Gasteiger partial charge is 0.313 e. The van der Waals surface area contributed by atoms with E-state index in [2.05, 4.69) is 41.6 Å². The number of anilines is 2. The van der Waals surface area contributed by atoms with Gasteiger partial charge in [-0.3, -0.25) is 24.6 Å². The fourth-order valence-electron chi connectivity index (χ4n) is 10.9. The van der Waals surface area contributed by atoms with E-state index in [1.807, 2.05) is 29.6 Å². The zero-order valence-electron chi connectivity index (χ0n) is 38.1. The highest BCUT2D eigenvalue weighted by Crippen LogP contribution is 2.55. The highest BCUT2D eigenvalue weighted by Gasteiger charge is 2.61. The Morgan fingerprint density at radius 3 is 2.41 bits per heavy atom. The molecule has 1 amide bonds. The molecule has 1 saturated heterocycles. The predicted octanol–water partition coefficient (Wildman–Crippen LogP) is 7.03. The number of rotatable bonds is 8. The summed E-state index contributed by atoms with van der Waals surface area (Å²) in [5, 5.41) is 17.5. The fraction of sp³-hybridized carbons (Fsp3) is 0.340. The predicted molar refractivity (Wildman–Crippen MR) is 247 cm³/mol. The molecule has 0 bridgehead atoms. The number of nitrogens with zero attached hydrogens (tertiary/aromatic N) is 9. The number of amidine groups is 1. The zero-order valence-corrected chi connectivity index (χ0v) is 38.1. The van der Waals surface area contributed by atoms with Crippen LogP contribution in [0.2, 0.25) is 0 Å². The summed E-state index contributed by atoms with van der Waals surface area (Å²) in [6.07, 6.45) is 7.53. The number of ether oxygens (including phenoxy) is 1. The fourth-order valence-corrected chi connectivity index (χ4v) is 10.9. The molecule has 3 aromatic heterocycles. The first kappa shape index (κ1) is 43.0. The van der Waals surface area contributed by atoms with Crippen molar-refractivity contribution in [1.82, 2.24) is 34.3 Å². The van der Waals surface area contributed by atoms with Gasteiger partial charge in [-0.2, -0.15) is 10.2 Å². The molecule has 4 atom stereocenters. The maximum atomic E-state index is 16.3. The number of fused-ring (bicyclic) bond motifs is 3. The molecule has 5 aliphatic rings. The maximum absolute atomic E-state index is 16.3. The van der Waals surface area contributed by atoms with Crippen LogP contribution in [0.3, 0.4) is 0 Å². The van der Waals surface area contributed by atoms with Gasteiger partial charge in [-0.05, 0) is 118 Å². The number of aromatic nitrogens is 5. The quantitative estimate of drug-likeness (QED) is 0.123. The monoisotopic (exact) mass is 920 g/mol. The number of aryl methyl sites for hydroxylation is 3. The van der Waals surface area contributed by atoms with Crippen molar-refractivity contribution in [1.29, 1.82) is 0 Å². The zero-order chi connectivity index (χ0) is 47.6. The molecular formula is C50H46F2N10O6. The number of aldehydes is 1. The summed E-state index contributed by atoms with van der Waals surface area (Å²) in [6, 6.07) is 13.2. The molecule has 0 radical (unpaired) electrons. The van der Waals surface area contributed by atoms with Gasteiger partial charge in [0, 0.05) is 55.5 Å². The molecule has 346 valence electrons. The third-order valence-corrected chi connectivity index (χ3v) is 14.3. The van der Waals surface area contributed by atoms with E-state index < -0.39 is 29.1 Å². The number of oxime groups is 1. The third-order valence-electron chi connectivity index (χ3n) is 14.3. The topological polar surface area (TPSA) is 161 Å². The molecule has 1 saturated carbocycles. The number of hydrogen-bond acceptors (Lipinski definition) is 12. The Hall–Kier alpha value is -7.65. The number of benzene rings is 3. The van der Waals surface area contributed by atoms with Crippen molar-refractivity contribution in [3.05, 3.63) is 124 Å². The Bertz CT molecular complexity index is 3330. The van der Waals surface area contributed by atoms with E-state index in [4.69, 9.17) is 14.7 Å². The van der Waals surface area contributed by atoms with Gasteiger partial charge in [-0.25, -0.2) is 23.1 Å². The van der Waals surface area contributed by atoms with Crippen LogP contribution in [0.15, 0.2) is 84.0 Å². The van der Waals surface area contributed by atoms with E-state index in [0.717, 1.165) is 29.3 Å². The molecule has 0 unspecified atom stereocenters. The molecule has 18 heteroatoms. The average Bonchev–Trinajstić information content (AvgIpc) is 4.00. The van der Waals surface area contributed by atoms with E-state index in [1.54, 1.807) is 55.9 Å². The molecule has 68 heavy (non-hydrogen) atoms. The lowest BCUT2D eigenvalue weighted by molar-refractivity contribution is -0.112. The molecule has 1 N–H and O–H groups in total. The van der Waals surface area contributed by atoms with Gasteiger partial charge >= 0.3 is 5.88 Å². The third kappa shape index (κ3) is 6.39. The molecule has 3 aromatic carbocycles. The minimum atomic E-state index is -1.26. The van der Waals surface area contributed by atoms with Crippen molar-refractivity contribution in [3.8, 4) is 5.69 Å². The second-order valence-corrected chi connectivity index (χ2v) is 19.0. The molecule has 16 nitrogen and oxygen atoms in total. The first-order chi connectivity index (χ1) is 32.7. The highest BCUT2D eigenvalue weighted by molar-refractivity contribution is 6.04. The first-order valence-electron chi connectivity index (χ1n) is 22.5. The summed E-state index contributed by atoms with van der Waals surface area (Å²) >= 11 is 0. The number of carbonyl (C=O) groups excluding carboxylic acids is 4. The normalized spacial score (nSPS) is 22.9. The number of amides is 1. The Morgan fingerprint density at radius 2 is 1.72 bits per heavy atom. The summed E-state index contributed by atoms with van der Waals surface area (Å²) < 4.78 is 42.6. The summed E-state index contributed by atoms with van der Waals surface area (Å²) in [7, 11) is 1.70. The molecule has 2 fully saturated rings. The van der Waals surface area contributed by atoms with Crippen molar-refractivity contribution < 1.29 is 37.5 Å². The highest BCUT2D eigenvalue weighted by atomic mass is 19.1. The van der Waals surface area contributed by atoms with Crippen LogP contribution in [0, 0.1) is 31.4 Å². The van der Waals surface area contributed by atoms with Gasteiger partial charge in [0.2, 0.25) is 5.82 Å². The van der Waals surface area contributed by atoms with Gasteiger partial charge < -0.3 is 23.8 Å². The van der Waals surface area contributed by atoms with E-state index in [0.29, 0.717) is 58.7 Å². The van der Waals surface area contributed by atoms with E-state index in [-0.39, 0.29) is 64.7 Å². The van der Waals surface area contributed by atoms with Crippen molar-refractivity contribution in [3.63, 3.8) is 0 Å². The number of halogens is 2. The minimum Gasteiger partial charge on any atom is -0.376 e. The lowest BCUT2D eigenvalue weighted by Crippen LogP contribution is -2.44. The van der Waals surface area contributed by atoms with Crippen LogP contribution >= 0.6 is 0 Å². The van der Waals surface area contributed by atoms with Gasteiger partial charge in [0.15, 0.2) is 23.5 Å². The Morgan fingerprint density at radius 1 is 0.971 bits per heavy atom. The average molecular weight is 921 g/mol. The maximum Gasteiger partial charge on any atom is 0.313 e. The van der Waals surface area contributed by atoms with E-state index in [1.165, 1.54) is 37.8 Å². The van der Waals surface area contributed by atoms with Gasteiger partial charge in [0.1, 0.15) is 35.2 Å². The van der Waals surface area contributed by atoms with Crippen LogP contribution in [0.5, 0.6) is 0 Å². The Labute approximate surface area is 388 Å². The van der Waals surface area contributed by atoms with Gasteiger partial charge in [-0.1, -0.05) is 18.1 Å². The van der Waals surface area contributed by atoms with E-state index >= 15 is 13.6 Å². The standard InChI is InChI=1S/C50H46F2N10O6/c1-27-17-33(18-28(2)44(27)51)62-46(60-15-14-58(42(60)26-65)38-10-9-37-34(45(38)52)23-53-57(37)6)43-35(55-62)11-13-59(40(43)24-63)47(66)39-20-32-19-30(31-12-16-67-49(4,5)22-31)7-8-36(32)61(39)50(21-29(50)3)48-54-41(25-64)68-56-48/h7-10,14-15,17-20,23-24,29,31,40H,11-13,16,21-22H2,1-6H3,(H,54,56)/t29-,31-,40-,50-/m0/s1. The van der Waals surface area contributed by atoms with Crippen LogP contribution < -0.4 is 15.1 Å². The van der Waals surface area contributed by atoms with Gasteiger partial charge in [0.25, 0.3) is 5.91 Å². The number of hydrogen-bond donors (Lipinski definition) is 1. The first-order valence-corrected chi connectivity index (χ1v) is 22.5. The van der Waals surface area contributed by atoms with Crippen LogP contribution in [-0.4, -0.2) is 77.7 Å². The molecule has 1 aliphatic carbocycles. The van der Waals surface area contributed by atoms with Crippen LogP contribution in [-0.2, 0) is 43.0 Å². The second-order valence-electron chi connectivity index (χ2n) is 19.0. The summed E-state index contributed by atoms with van der Waals surface area (Å²) in [5.41, 5.74) is 3.37. The number of carbonyl (C=O) groups is 2. The minimum absolute atomic E-state index is 0.0435. The van der Waals surface area contributed by atoms with Crippen molar-refractivity contribution >= 4 is 63.2 Å². The summed E-state index contributed by atoms with van der Waals surface area (Å²) in [6.45, 7) is 10.2. The SMILES string of the molecule is Cc1cc(-n2nc3c(c2N2C=CN(c4ccc5c(cnn5C)c4F)C2=C=O)[C@H](C=O)N(C(=O)c2cc4cc([C@H]5CCOC(C)(C)C5)ccc4n2[C@@]2(C4=NOC(=C=O)N4)C[C@@H]2C)CC3)cc(C)c1F. The van der Waals surface area contributed by atoms with Crippen LogP contribution in [0.4, 0.5) is 20.3 Å². The molecule has 6 aromatic rings. The molecule has 0 spiro atoms. The van der Waals surface area contributed by atoms with Gasteiger partial charge in [0.05, 0.1) is 39.8 Å². The van der Waals surface area contributed by atoms with Gasteiger partial charge in [-0.15, -0.1) is 0 Å². The second kappa shape index (κ2) is 15.5. The van der Waals surface area contributed by atoms with Crippen molar-refractivity contribution in [2.24, 2.45) is 18.1 Å². The lowest BCUT2D eigenvalue weighted by atomic mass is 9.83. The van der Waals surface area contributed by atoms with Crippen molar-refractivity contribution in [2.45, 2.75) is 83.4 Å².